The van der Waals surface area contributed by atoms with E-state index in [0.717, 1.165) is 5.69 Å². The molecule has 0 aliphatic rings. The molecule has 112 valence electrons. The Labute approximate surface area is 124 Å². The first kappa shape index (κ1) is 14.9. The Morgan fingerprint density at radius 3 is 2.86 bits per heavy atom. The van der Waals surface area contributed by atoms with E-state index in [9.17, 15) is 4.79 Å². The summed E-state index contributed by atoms with van der Waals surface area (Å²) in [7, 11) is 3.43. The molecule has 0 aliphatic carbocycles. The minimum atomic E-state index is -0.0663. The lowest BCUT2D eigenvalue weighted by Gasteiger charge is -2.14. The van der Waals surface area contributed by atoms with Crippen molar-refractivity contribution in [3.05, 3.63) is 36.7 Å². The number of para-hydroxylation sites is 2. The minimum Gasteiger partial charge on any atom is -0.495 e. The number of hydrogen-bond acceptors (Lipinski definition) is 4. The molecule has 1 atom stereocenters. The molecule has 1 heterocycles. The fourth-order valence-corrected chi connectivity index (χ4v) is 2.06. The molecule has 2 aromatic rings. The van der Waals surface area contributed by atoms with Gasteiger partial charge in [-0.1, -0.05) is 12.1 Å². The molecule has 0 bridgehead atoms. The van der Waals surface area contributed by atoms with Crippen LogP contribution in [0, 0.1) is 0 Å². The highest BCUT2D eigenvalue weighted by Gasteiger charge is 2.11. The van der Waals surface area contributed by atoms with E-state index < -0.39 is 0 Å². The maximum atomic E-state index is 12.1. The summed E-state index contributed by atoms with van der Waals surface area (Å²) in [5, 5.41) is 10.2. The predicted octanol–water partition coefficient (Wildman–Crippen LogP) is 2.26. The highest BCUT2D eigenvalue weighted by atomic mass is 16.5. The maximum Gasteiger partial charge on any atom is 0.226 e. The van der Waals surface area contributed by atoms with Crippen molar-refractivity contribution < 1.29 is 9.53 Å². The summed E-state index contributed by atoms with van der Waals surface area (Å²) in [4.78, 5) is 12.1. The van der Waals surface area contributed by atoms with Gasteiger partial charge in [0.1, 0.15) is 5.75 Å². The molecule has 0 unspecified atom stereocenters. The van der Waals surface area contributed by atoms with Gasteiger partial charge in [-0.3, -0.25) is 9.48 Å². The monoisotopic (exact) mass is 288 g/mol. The van der Waals surface area contributed by atoms with E-state index in [-0.39, 0.29) is 11.9 Å². The number of rotatable bonds is 6. The number of aromatic nitrogens is 2. The average Bonchev–Trinajstić information content (AvgIpc) is 2.84. The second-order valence-electron chi connectivity index (χ2n) is 4.90. The number of nitrogens with zero attached hydrogens (tertiary/aromatic N) is 2. The molecular weight excluding hydrogens is 268 g/mol. The van der Waals surface area contributed by atoms with Gasteiger partial charge in [0.05, 0.1) is 24.7 Å². The SMILES string of the molecule is COc1ccccc1NC(=O)C[C@H](C)Nc1cnn(C)c1. The largest absolute Gasteiger partial charge is 0.495 e. The number of aryl methyl sites for hydroxylation is 1. The number of ether oxygens (including phenoxy) is 1. The highest BCUT2D eigenvalue weighted by Crippen LogP contribution is 2.23. The van der Waals surface area contributed by atoms with Crippen LogP contribution in [0.5, 0.6) is 5.75 Å². The van der Waals surface area contributed by atoms with Gasteiger partial charge >= 0.3 is 0 Å². The van der Waals surface area contributed by atoms with E-state index in [0.29, 0.717) is 17.9 Å². The molecule has 21 heavy (non-hydrogen) atoms. The maximum absolute atomic E-state index is 12.1. The average molecular weight is 288 g/mol. The van der Waals surface area contributed by atoms with Gasteiger partial charge in [-0.05, 0) is 19.1 Å². The van der Waals surface area contributed by atoms with Crippen LogP contribution >= 0.6 is 0 Å². The summed E-state index contributed by atoms with van der Waals surface area (Å²) in [6.07, 6.45) is 3.95. The van der Waals surface area contributed by atoms with Crippen LogP contribution in [-0.4, -0.2) is 28.8 Å². The molecule has 0 saturated carbocycles. The Bertz CT molecular complexity index is 609. The molecular formula is C15H20N4O2. The van der Waals surface area contributed by atoms with E-state index in [1.54, 1.807) is 18.0 Å². The zero-order valence-corrected chi connectivity index (χ0v) is 12.5. The summed E-state index contributed by atoms with van der Waals surface area (Å²) in [5.41, 5.74) is 1.58. The van der Waals surface area contributed by atoms with Gasteiger partial charge in [0, 0.05) is 25.7 Å². The van der Waals surface area contributed by atoms with Crippen LogP contribution in [0.2, 0.25) is 0 Å². The molecule has 1 amide bonds. The molecule has 0 fully saturated rings. The van der Waals surface area contributed by atoms with Gasteiger partial charge in [0.25, 0.3) is 0 Å². The van der Waals surface area contributed by atoms with Gasteiger partial charge in [0.15, 0.2) is 0 Å². The Morgan fingerprint density at radius 1 is 1.43 bits per heavy atom. The van der Waals surface area contributed by atoms with E-state index >= 15 is 0 Å². The molecule has 2 N–H and O–H groups in total. The molecule has 6 heteroatoms. The van der Waals surface area contributed by atoms with E-state index in [1.807, 2.05) is 44.4 Å². The van der Waals surface area contributed by atoms with Crippen molar-refractivity contribution in [1.29, 1.82) is 0 Å². The van der Waals surface area contributed by atoms with Crippen molar-refractivity contribution in [2.45, 2.75) is 19.4 Å². The van der Waals surface area contributed by atoms with Gasteiger partial charge in [0.2, 0.25) is 5.91 Å². The van der Waals surface area contributed by atoms with Crippen LogP contribution in [0.4, 0.5) is 11.4 Å². The molecule has 0 radical (unpaired) electrons. The van der Waals surface area contributed by atoms with Crippen LogP contribution in [-0.2, 0) is 11.8 Å². The second kappa shape index (κ2) is 6.78. The summed E-state index contributed by atoms with van der Waals surface area (Å²) >= 11 is 0. The zero-order chi connectivity index (χ0) is 15.2. The van der Waals surface area contributed by atoms with Crippen molar-refractivity contribution >= 4 is 17.3 Å². The quantitative estimate of drug-likeness (QED) is 0.855. The van der Waals surface area contributed by atoms with Crippen molar-refractivity contribution in [3.8, 4) is 5.75 Å². The fraction of sp³-hybridized carbons (Fsp3) is 0.333. The van der Waals surface area contributed by atoms with Crippen LogP contribution < -0.4 is 15.4 Å². The Kier molecular flexibility index (Phi) is 4.81. The van der Waals surface area contributed by atoms with Crippen LogP contribution in [0.25, 0.3) is 0 Å². The zero-order valence-electron chi connectivity index (χ0n) is 12.5. The number of methoxy groups -OCH3 is 1. The number of nitrogens with one attached hydrogen (secondary N) is 2. The molecule has 0 spiro atoms. The molecule has 0 aliphatic heterocycles. The van der Waals surface area contributed by atoms with Gasteiger partial charge < -0.3 is 15.4 Å². The van der Waals surface area contributed by atoms with Crippen molar-refractivity contribution in [2.24, 2.45) is 7.05 Å². The lowest BCUT2D eigenvalue weighted by Crippen LogP contribution is -2.23. The first-order valence-corrected chi connectivity index (χ1v) is 6.76. The highest BCUT2D eigenvalue weighted by molar-refractivity contribution is 5.92. The summed E-state index contributed by atoms with van der Waals surface area (Å²) in [5.74, 6) is 0.585. The normalized spacial score (nSPS) is 11.8. The number of anilines is 2. The van der Waals surface area contributed by atoms with Crippen molar-refractivity contribution in [1.82, 2.24) is 9.78 Å². The third kappa shape index (κ3) is 4.24. The van der Waals surface area contributed by atoms with Gasteiger partial charge in [-0.25, -0.2) is 0 Å². The lowest BCUT2D eigenvalue weighted by atomic mass is 10.2. The first-order valence-electron chi connectivity index (χ1n) is 6.76. The number of carbonyl (C=O) groups excluding carboxylic acids is 1. The van der Waals surface area contributed by atoms with Crippen LogP contribution in [0.1, 0.15) is 13.3 Å². The second-order valence-corrected chi connectivity index (χ2v) is 4.90. The summed E-state index contributed by atoms with van der Waals surface area (Å²) < 4.78 is 6.92. The predicted molar refractivity (Wildman–Crippen MR) is 82.5 cm³/mol. The molecule has 0 saturated heterocycles. The van der Waals surface area contributed by atoms with Crippen LogP contribution in [0.3, 0.4) is 0 Å². The summed E-state index contributed by atoms with van der Waals surface area (Å²) in [6, 6.07) is 7.35. The third-order valence-electron chi connectivity index (χ3n) is 2.99. The number of carbonyl (C=O) groups is 1. The molecule has 1 aromatic carbocycles. The topological polar surface area (TPSA) is 68.2 Å². The fourth-order valence-electron chi connectivity index (χ4n) is 2.06. The van der Waals surface area contributed by atoms with Gasteiger partial charge in [-0.15, -0.1) is 0 Å². The molecule has 2 rings (SSSR count). The van der Waals surface area contributed by atoms with E-state index in [4.69, 9.17) is 4.74 Å². The van der Waals surface area contributed by atoms with Gasteiger partial charge in [-0.2, -0.15) is 5.10 Å². The number of benzene rings is 1. The standard InChI is InChI=1S/C15H20N4O2/c1-11(17-12-9-16-19(2)10-12)8-15(20)18-13-6-4-5-7-14(13)21-3/h4-7,9-11,17H,8H2,1-3H3,(H,18,20)/t11-/m0/s1. The van der Waals surface area contributed by atoms with E-state index in [2.05, 4.69) is 15.7 Å². The first-order chi connectivity index (χ1) is 10.1. The van der Waals surface area contributed by atoms with Crippen molar-refractivity contribution in [2.75, 3.05) is 17.7 Å². The Morgan fingerprint density at radius 2 is 2.19 bits per heavy atom. The minimum absolute atomic E-state index is 0.00362. The molecule has 6 nitrogen and oxygen atoms in total. The van der Waals surface area contributed by atoms with Crippen LogP contribution in [0.15, 0.2) is 36.7 Å². The lowest BCUT2D eigenvalue weighted by molar-refractivity contribution is -0.116. The van der Waals surface area contributed by atoms with E-state index in [1.165, 1.54) is 0 Å². The Hall–Kier alpha value is -2.50. The van der Waals surface area contributed by atoms with Crippen molar-refractivity contribution in [3.63, 3.8) is 0 Å². The smallest absolute Gasteiger partial charge is 0.226 e. The molecule has 1 aromatic heterocycles. The Balaban J connectivity index is 1.89. The number of hydrogen-bond donors (Lipinski definition) is 2. The third-order valence-corrected chi connectivity index (χ3v) is 2.99. The summed E-state index contributed by atoms with van der Waals surface area (Å²) in [6.45, 7) is 1.95. The number of amides is 1.